The first-order chi connectivity index (χ1) is 7.33. The fraction of sp³-hybridized carbons (Fsp3) is 0.538. The van der Waals surface area contributed by atoms with Crippen LogP contribution in [-0.2, 0) is 0 Å². The lowest BCUT2D eigenvalue weighted by molar-refractivity contribution is 0.130. The highest BCUT2D eigenvalue weighted by Gasteiger charge is 2.07. The van der Waals surface area contributed by atoms with Crippen molar-refractivity contribution >= 4 is 0 Å². The predicted molar refractivity (Wildman–Crippen MR) is 62.1 cm³/mol. The summed E-state index contributed by atoms with van der Waals surface area (Å²) in [5.74, 6) is 0.910. The van der Waals surface area contributed by atoms with E-state index in [0.717, 1.165) is 18.6 Å². The number of para-hydroxylation sites is 1. The number of hydrogen-bond donors (Lipinski definition) is 1. The van der Waals surface area contributed by atoms with E-state index in [4.69, 9.17) is 9.84 Å². The molecule has 1 aliphatic carbocycles. The van der Waals surface area contributed by atoms with Crippen LogP contribution in [0, 0.1) is 0 Å². The van der Waals surface area contributed by atoms with Crippen LogP contribution in [-0.4, -0.2) is 18.3 Å². The van der Waals surface area contributed by atoms with E-state index < -0.39 is 0 Å². The molecule has 1 fully saturated rings. The largest absolute Gasteiger partial charge is 0.497 e. The van der Waals surface area contributed by atoms with E-state index in [1.165, 1.54) is 19.3 Å². The molecule has 1 aromatic rings. The van der Waals surface area contributed by atoms with E-state index in [2.05, 4.69) is 0 Å². The fourth-order valence-electron chi connectivity index (χ4n) is 1.64. The summed E-state index contributed by atoms with van der Waals surface area (Å²) in [5.41, 5.74) is 0. The predicted octanol–water partition coefficient (Wildman–Crippen LogP) is 3.01. The number of methoxy groups -OCH3 is 1. The molecule has 0 aromatic heterocycles. The lowest BCUT2D eigenvalue weighted by Crippen LogP contribution is -2.09. The minimum atomic E-state index is 0.0359. The van der Waals surface area contributed by atoms with Crippen molar-refractivity contribution in [1.29, 1.82) is 0 Å². The van der Waals surface area contributed by atoms with E-state index in [9.17, 15) is 0 Å². The maximum atomic E-state index is 8.91. The van der Waals surface area contributed by atoms with Crippen LogP contribution in [0.3, 0.4) is 0 Å². The van der Waals surface area contributed by atoms with Gasteiger partial charge in [-0.3, -0.25) is 0 Å². The summed E-state index contributed by atoms with van der Waals surface area (Å²) in [5, 5.41) is 8.91. The molecule has 1 N–H and O–H groups in total. The van der Waals surface area contributed by atoms with E-state index in [0.29, 0.717) is 0 Å². The summed E-state index contributed by atoms with van der Waals surface area (Å²) in [4.78, 5) is 0. The average molecular weight is 208 g/mol. The van der Waals surface area contributed by atoms with E-state index >= 15 is 0 Å². The summed E-state index contributed by atoms with van der Waals surface area (Å²) in [6.45, 7) is 0. The van der Waals surface area contributed by atoms with Gasteiger partial charge in [-0.2, -0.15) is 0 Å². The van der Waals surface area contributed by atoms with Crippen molar-refractivity contribution in [3.63, 3.8) is 0 Å². The number of aliphatic hydroxyl groups excluding tert-OH is 1. The maximum Gasteiger partial charge on any atom is 0.118 e. The van der Waals surface area contributed by atoms with Gasteiger partial charge in [0, 0.05) is 0 Å². The molecule has 1 aliphatic rings. The Bertz CT molecular complexity index is 240. The van der Waals surface area contributed by atoms with E-state index in [1.54, 1.807) is 7.11 Å². The topological polar surface area (TPSA) is 29.5 Å². The first-order valence-corrected chi connectivity index (χ1v) is 5.60. The smallest absolute Gasteiger partial charge is 0.118 e. The number of rotatable bonds is 1. The Morgan fingerprint density at radius 3 is 2.00 bits per heavy atom. The van der Waals surface area contributed by atoms with Gasteiger partial charge in [-0.25, -0.2) is 0 Å². The van der Waals surface area contributed by atoms with Gasteiger partial charge >= 0.3 is 0 Å². The molecule has 1 saturated carbocycles. The van der Waals surface area contributed by atoms with Crippen molar-refractivity contribution in [3.8, 4) is 5.75 Å². The zero-order chi connectivity index (χ0) is 10.9. The molecule has 2 rings (SSSR count). The Hall–Kier alpha value is -1.02. The SMILES string of the molecule is COc1ccccc1.OC1CCCCC1. The number of ether oxygens (including phenoxy) is 1. The molecule has 0 saturated heterocycles. The number of hydrogen-bond acceptors (Lipinski definition) is 2. The van der Waals surface area contributed by atoms with E-state index in [-0.39, 0.29) is 6.10 Å². The van der Waals surface area contributed by atoms with Crippen LogP contribution in [0.2, 0.25) is 0 Å². The Balaban J connectivity index is 0.000000151. The molecule has 0 radical (unpaired) electrons. The Kier molecular flexibility index (Phi) is 5.86. The van der Waals surface area contributed by atoms with Crippen molar-refractivity contribution in [1.82, 2.24) is 0 Å². The van der Waals surface area contributed by atoms with Gasteiger partial charge in [-0.1, -0.05) is 37.5 Å². The quantitative estimate of drug-likeness (QED) is 0.768. The molecule has 2 nitrogen and oxygen atoms in total. The normalized spacial score (nSPS) is 16.4. The molecule has 0 aliphatic heterocycles. The highest BCUT2D eigenvalue weighted by Crippen LogP contribution is 2.16. The molecule has 0 unspecified atom stereocenters. The highest BCUT2D eigenvalue weighted by molar-refractivity contribution is 5.20. The fourth-order valence-corrected chi connectivity index (χ4v) is 1.64. The van der Waals surface area contributed by atoms with Crippen molar-refractivity contribution in [2.75, 3.05) is 7.11 Å². The molecule has 1 aromatic carbocycles. The second-order valence-electron chi connectivity index (χ2n) is 3.81. The van der Waals surface area contributed by atoms with Crippen LogP contribution in [0.5, 0.6) is 5.75 Å². The Morgan fingerprint density at radius 1 is 1.07 bits per heavy atom. The van der Waals surface area contributed by atoms with Crippen LogP contribution in [0.25, 0.3) is 0 Å². The third-order valence-corrected chi connectivity index (χ3v) is 2.55. The second-order valence-corrected chi connectivity index (χ2v) is 3.81. The molecular weight excluding hydrogens is 188 g/mol. The second kappa shape index (κ2) is 7.30. The zero-order valence-corrected chi connectivity index (χ0v) is 9.36. The van der Waals surface area contributed by atoms with Gasteiger partial charge in [0.15, 0.2) is 0 Å². The Labute approximate surface area is 91.9 Å². The third kappa shape index (κ3) is 5.43. The lowest BCUT2D eigenvalue weighted by Gasteiger charge is -2.14. The van der Waals surface area contributed by atoms with Crippen LogP contribution in [0.4, 0.5) is 0 Å². The van der Waals surface area contributed by atoms with E-state index in [1.807, 2.05) is 30.3 Å². The zero-order valence-electron chi connectivity index (χ0n) is 9.36. The summed E-state index contributed by atoms with van der Waals surface area (Å²) in [6.07, 6.45) is 5.92. The van der Waals surface area contributed by atoms with Gasteiger partial charge in [-0.15, -0.1) is 0 Å². The monoisotopic (exact) mass is 208 g/mol. The average Bonchev–Trinajstić information content (AvgIpc) is 2.32. The first-order valence-electron chi connectivity index (χ1n) is 5.60. The van der Waals surface area contributed by atoms with Crippen molar-refractivity contribution in [3.05, 3.63) is 30.3 Å². The summed E-state index contributed by atoms with van der Waals surface area (Å²) in [7, 11) is 1.66. The van der Waals surface area contributed by atoms with Gasteiger partial charge in [0.2, 0.25) is 0 Å². The van der Waals surface area contributed by atoms with Gasteiger partial charge in [0.25, 0.3) is 0 Å². The number of benzene rings is 1. The summed E-state index contributed by atoms with van der Waals surface area (Å²) >= 11 is 0. The van der Waals surface area contributed by atoms with Crippen LogP contribution in [0.1, 0.15) is 32.1 Å². The van der Waals surface area contributed by atoms with Crippen molar-refractivity contribution in [2.24, 2.45) is 0 Å². The van der Waals surface area contributed by atoms with Crippen molar-refractivity contribution < 1.29 is 9.84 Å². The minimum absolute atomic E-state index is 0.0359. The van der Waals surface area contributed by atoms with Crippen LogP contribution >= 0.6 is 0 Å². The minimum Gasteiger partial charge on any atom is -0.497 e. The molecule has 2 heteroatoms. The highest BCUT2D eigenvalue weighted by atomic mass is 16.5. The standard InChI is InChI=1S/C7H8O.C6H12O/c1-8-7-5-3-2-4-6-7;7-6-4-2-1-3-5-6/h2-6H,1H3;6-7H,1-5H2. The van der Waals surface area contributed by atoms with Crippen LogP contribution in [0.15, 0.2) is 30.3 Å². The molecule has 84 valence electrons. The molecule has 0 heterocycles. The molecular formula is C13H20O2. The Morgan fingerprint density at radius 2 is 1.67 bits per heavy atom. The summed E-state index contributed by atoms with van der Waals surface area (Å²) < 4.78 is 4.91. The van der Waals surface area contributed by atoms with Gasteiger partial charge < -0.3 is 9.84 Å². The van der Waals surface area contributed by atoms with Gasteiger partial charge in [0.05, 0.1) is 13.2 Å². The molecule has 0 bridgehead atoms. The molecule has 0 spiro atoms. The molecule has 0 amide bonds. The number of aliphatic hydroxyl groups is 1. The lowest BCUT2D eigenvalue weighted by atomic mass is 9.98. The molecule has 15 heavy (non-hydrogen) atoms. The maximum absolute atomic E-state index is 8.91. The van der Waals surface area contributed by atoms with Crippen LogP contribution < -0.4 is 4.74 Å². The van der Waals surface area contributed by atoms with Gasteiger partial charge in [-0.05, 0) is 25.0 Å². The van der Waals surface area contributed by atoms with Gasteiger partial charge in [0.1, 0.15) is 5.75 Å². The summed E-state index contributed by atoms with van der Waals surface area (Å²) in [6, 6.07) is 9.68. The third-order valence-electron chi connectivity index (χ3n) is 2.55. The van der Waals surface area contributed by atoms with Crippen molar-refractivity contribution in [2.45, 2.75) is 38.2 Å². The first kappa shape index (κ1) is 12.1. The molecule has 0 atom stereocenters.